The van der Waals surface area contributed by atoms with Crippen molar-refractivity contribution in [2.24, 2.45) is 5.73 Å². The molecule has 1 aromatic heterocycles. The number of anilines is 3. The summed E-state index contributed by atoms with van der Waals surface area (Å²) in [5, 5.41) is 6.99. The molecule has 1 aliphatic heterocycles. The SMILES string of the molecule is Cc1cccc(C)c1C1(N)Nc2c(Nc3ccc(S(C)(=O)=O)c(F)c3)ncnc2S1. The van der Waals surface area contributed by atoms with E-state index in [4.69, 9.17) is 5.73 Å². The molecule has 0 amide bonds. The Labute approximate surface area is 178 Å². The number of halogens is 1. The van der Waals surface area contributed by atoms with Crippen molar-refractivity contribution in [3.05, 3.63) is 65.2 Å². The smallest absolute Gasteiger partial charge is 0.178 e. The zero-order valence-corrected chi connectivity index (χ0v) is 18.2. The number of benzene rings is 2. The first kappa shape index (κ1) is 20.6. The number of aromatic nitrogens is 2. The molecule has 0 spiro atoms. The molecule has 4 rings (SSSR count). The van der Waals surface area contributed by atoms with Crippen LogP contribution in [-0.4, -0.2) is 24.6 Å². The van der Waals surface area contributed by atoms with Gasteiger partial charge in [-0.05, 0) is 43.2 Å². The average Bonchev–Trinajstić information content (AvgIpc) is 2.98. The highest BCUT2D eigenvalue weighted by atomic mass is 32.2. The minimum Gasteiger partial charge on any atom is -0.350 e. The van der Waals surface area contributed by atoms with Gasteiger partial charge in [0.1, 0.15) is 27.8 Å². The largest absolute Gasteiger partial charge is 0.350 e. The Morgan fingerprint density at radius 1 is 1.17 bits per heavy atom. The van der Waals surface area contributed by atoms with Gasteiger partial charge >= 0.3 is 0 Å². The molecule has 7 nitrogen and oxygen atoms in total. The minimum absolute atomic E-state index is 0.356. The summed E-state index contributed by atoms with van der Waals surface area (Å²) in [5.41, 5.74) is 10.7. The zero-order chi connectivity index (χ0) is 21.7. The van der Waals surface area contributed by atoms with Crippen molar-refractivity contribution in [2.75, 3.05) is 16.9 Å². The second kappa shape index (κ2) is 7.22. The van der Waals surface area contributed by atoms with E-state index in [2.05, 4.69) is 20.6 Å². The number of sulfone groups is 1. The molecule has 2 aromatic carbocycles. The molecule has 0 saturated heterocycles. The molecule has 0 fully saturated rings. The monoisotopic (exact) mass is 445 g/mol. The van der Waals surface area contributed by atoms with Gasteiger partial charge in [-0.15, -0.1) is 0 Å². The van der Waals surface area contributed by atoms with Gasteiger partial charge in [-0.3, -0.25) is 5.73 Å². The summed E-state index contributed by atoms with van der Waals surface area (Å²) < 4.78 is 37.5. The Morgan fingerprint density at radius 3 is 2.50 bits per heavy atom. The van der Waals surface area contributed by atoms with Crippen LogP contribution in [-0.2, 0) is 14.8 Å². The highest BCUT2D eigenvalue weighted by molar-refractivity contribution is 8.00. The third kappa shape index (κ3) is 3.62. The molecule has 10 heteroatoms. The highest BCUT2D eigenvalue weighted by Crippen LogP contribution is 2.50. The molecule has 156 valence electrons. The van der Waals surface area contributed by atoms with Crippen LogP contribution < -0.4 is 16.4 Å². The Kier molecular flexibility index (Phi) is 4.95. The summed E-state index contributed by atoms with van der Waals surface area (Å²) in [6.07, 6.45) is 2.36. The topological polar surface area (TPSA) is 110 Å². The van der Waals surface area contributed by atoms with E-state index in [0.717, 1.165) is 29.0 Å². The van der Waals surface area contributed by atoms with Gasteiger partial charge in [0, 0.05) is 17.5 Å². The molecule has 4 N–H and O–H groups in total. The number of thioether (sulfide) groups is 1. The summed E-state index contributed by atoms with van der Waals surface area (Å²) in [7, 11) is -3.65. The van der Waals surface area contributed by atoms with Crippen LogP contribution in [0, 0.1) is 19.7 Å². The molecule has 1 aliphatic rings. The maximum absolute atomic E-state index is 14.3. The van der Waals surface area contributed by atoms with Crippen LogP contribution in [0.4, 0.5) is 21.6 Å². The lowest BCUT2D eigenvalue weighted by molar-refractivity contribution is 0.571. The summed E-state index contributed by atoms with van der Waals surface area (Å²) >= 11 is 1.38. The quantitative estimate of drug-likeness (QED) is 0.522. The lowest BCUT2D eigenvalue weighted by atomic mass is 10.00. The number of hydrogen-bond donors (Lipinski definition) is 3. The molecule has 1 unspecified atom stereocenters. The van der Waals surface area contributed by atoms with Crippen molar-refractivity contribution < 1.29 is 12.8 Å². The molecular weight excluding hydrogens is 425 g/mol. The number of rotatable bonds is 4. The van der Waals surface area contributed by atoms with E-state index in [1.807, 2.05) is 32.0 Å². The Bertz CT molecular complexity index is 1250. The fourth-order valence-corrected chi connectivity index (χ4v) is 5.51. The summed E-state index contributed by atoms with van der Waals surface area (Å²) in [6, 6.07) is 9.80. The average molecular weight is 446 g/mol. The number of nitrogens with two attached hydrogens (primary N) is 1. The van der Waals surface area contributed by atoms with E-state index in [1.165, 1.54) is 30.2 Å². The van der Waals surface area contributed by atoms with Crippen molar-refractivity contribution in [3.8, 4) is 0 Å². The molecule has 3 aromatic rings. The van der Waals surface area contributed by atoms with Gasteiger partial charge < -0.3 is 10.6 Å². The zero-order valence-electron chi connectivity index (χ0n) is 16.5. The minimum atomic E-state index is -3.65. The van der Waals surface area contributed by atoms with Gasteiger partial charge in [0.15, 0.2) is 20.7 Å². The first-order valence-corrected chi connectivity index (χ1v) is 11.7. The summed E-state index contributed by atoms with van der Waals surface area (Å²) in [6.45, 7) is 4.00. The fraction of sp³-hybridized carbons (Fsp3) is 0.200. The fourth-order valence-electron chi connectivity index (χ4n) is 3.55. The maximum atomic E-state index is 14.3. The molecule has 0 saturated carbocycles. The first-order chi connectivity index (χ1) is 14.1. The third-order valence-electron chi connectivity index (χ3n) is 4.83. The van der Waals surface area contributed by atoms with Gasteiger partial charge in [0.05, 0.1) is 0 Å². The van der Waals surface area contributed by atoms with Crippen molar-refractivity contribution in [2.45, 2.75) is 28.8 Å². The van der Waals surface area contributed by atoms with E-state index < -0.39 is 20.6 Å². The van der Waals surface area contributed by atoms with Gasteiger partial charge in [0.2, 0.25) is 0 Å². The number of nitrogens with zero attached hydrogens (tertiary/aromatic N) is 2. The van der Waals surface area contributed by atoms with Crippen LogP contribution in [0.15, 0.2) is 52.6 Å². The van der Waals surface area contributed by atoms with E-state index in [-0.39, 0.29) is 4.90 Å². The molecule has 30 heavy (non-hydrogen) atoms. The van der Waals surface area contributed by atoms with Crippen LogP contribution in [0.2, 0.25) is 0 Å². The number of nitrogens with one attached hydrogen (secondary N) is 2. The van der Waals surface area contributed by atoms with Crippen LogP contribution >= 0.6 is 11.8 Å². The predicted octanol–water partition coefficient (Wildman–Crippen LogP) is 3.67. The van der Waals surface area contributed by atoms with Gasteiger partial charge in [0.25, 0.3) is 0 Å². The second-order valence-electron chi connectivity index (χ2n) is 7.17. The Hall–Kier alpha value is -2.69. The molecule has 2 heterocycles. The normalized spacial score (nSPS) is 18.0. The molecule has 0 bridgehead atoms. The molecular formula is C20H20FN5O2S2. The van der Waals surface area contributed by atoms with Gasteiger partial charge in [-0.1, -0.05) is 30.0 Å². The van der Waals surface area contributed by atoms with Gasteiger partial charge in [-0.25, -0.2) is 22.8 Å². The lowest BCUT2D eigenvalue weighted by Gasteiger charge is -2.28. The molecule has 0 radical (unpaired) electrons. The van der Waals surface area contributed by atoms with Crippen LogP contribution in [0.3, 0.4) is 0 Å². The first-order valence-electron chi connectivity index (χ1n) is 9.03. The Morgan fingerprint density at radius 2 is 1.87 bits per heavy atom. The van der Waals surface area contributed by atoms with Crippen molar-refractivity contribution >= 4 is 38.8 Å². The summed E-state index contributed by atoms with van der Waals surface area (Å²) in [5.74, 6) is -0.420. The van der Waals surface area contributed by atoms with Crippen molar-refractivity contribution in [3.63, 3.8) is 0 Å². The standard InChI is InChI=1S/C20H20FN5O2S2/c1-11-5-4-6-12(2)16(11)20(22)26-17-18(23-10-24-19(17)29-20)25-13-7-8-15(14(21)9-13)30(3,27)28/h4-10,26H,22H2,1-3H3,(H,23,24,25). The third-order valence-corrected chi connectivity index (χ3v) is 7.09. The number of aryl methyl sites for hydroxylation is 2. The maximum Gasteiger partial charge on any atom is 0.178 e. The van der Waals surface area contributed by atoms with Crippen LogP contribution in [0.25, 0.3) is 0 Å². The van der Waals surface area contributed by atoms with Crippen LogP contribution in [0.5, 0.6) is 0 Å². The van der Waals surface area contributed by atoms with E-state index in [0.29, 0.717) is 22.2 Å². The van der Waals surface area contributed by atoms with Crippen molar-refractivity contribution in [1.29, 1.82) is 0 Å². The van der Waals surface area contributed by atoms with E-state index >= 15 is 0 Å². The number of hydrogen-bond acceptors (Lipinski definition) is 8. The molecule has 1 atom stereocenters. The van der Waals surface area contributed by atoms with E-state index in [9.17, 15) is 12.8 Å². The Balaban J connectivity index is 1.69. The van der Waals surface area contributed by atoms with Crippen LogP contribution in [0.1, 0.15) is 16.7 Å². The van der Waals surface area contributed by atoms with Gasteiger partial charge in [-0.2, -0.15) is 0 Å². The number of fused-ring (bicyclic) bond motifs is 1. The molecule has 0 aliphatic carbocycles. The van der Waals surface area contributed by atoms with E-state index in [1.54, 1.807) is 0 Å². The highest BCUT2D eigenvalue weighted by Gasteiger charge is 2.40. The summed E-state index contributed by atoms with van der Waals surface area (Å²) in [4.78, 5) is 7.29. The second-order valence-corrected chi connectivity index (χ2v) is 10.4. The predicted molar refractivity (Wildman–Crippen MR) is 116 cm³/mol. The van der Waals surface area contributed by atoms with Crippen molar-refractivity contribution in [1.82, 2.24) is 9.97 Å². The lowest BCUT2D eigenvalue weighted by Crippen LogP contribution is -2.39.